The molecule has 7 nitrogen and oxygen atoms in total. The van der Waals surface area contributed by atoms with Gasteiger partial charge in [0, 0.05) is 12.2 Å². The Morgan fingerprint density at radius 2 is 2.04 bits per heavy atom. The molecule has 0 aliphatic carbocycles. The van der Waals surface area contributed by atoms with E-state index in [0.29, 0.717) is 28.9 Å². The van der Waals surface area contributed by atoms with Gasteiger partial charge in [0.1, 0.15) is 0 Å². The lowest BCUT2D eigenvalue weighted by Gasteiger charge is -2.12. The van der Waals surface area contributed by atoms with Crippen LogP contribution in [0.25, 0.3) is 0 Å². The van der Waals surface area contributed by atoms with Gasteiger partial charge in [0.15, 0.2) is 0 Å². The number of tetrazole rings is 1. The van der Waals surface area contributed by atoms with Crippen LogP contribution < -0.4 is 5.32 Å². The molecule has 1 heterocycles. The summed E-state index contributed by atoms with van der Waals surface area (Å²) in [4.78, 5) is 12.3. The smallest absolute Gasteiger partial charge is 0.237 e. The first-order valence-corrected chi connectivity index (χ1v) is 8.11. The zero-order valence-electron chi connectivity index (χ0n) is 13.2. The number of nitrogens with one attached hydrogen (secondary N) is 1. The van der Waals surface area contributed by atoms with Crippen molar-refractivity contribution in [1.29, 1.82) is 5.26 Å². The molecule has 0 fully saturated rings. The van der Waals surface area contributed by atoms with Crippen LogP contribution in [0.3, 0.4) is 0 Å². The van der Waals surface area contributed by atoms with Crippen molar-refractivity contribution in [1.82, 2.24) is 20.2 Å². The summed E-state index contributed by atoms with van der Waals surface area (Å²) in [6.45, 7) is 6.67. The molecular weight excluding hydrogens is 312 g/mol. The molecule has 8 heteroatoms. The lowest BCUT2D eigenvalue weighted by atomic mass is 10.2. The highest BCUT2D eigenvalue weighted by atomic mass is 32.2. The third kappa shape index (κ3) is 4.79. The Balaban J connectivity index is 1.97. The van der Waals surface area contributed by atoms with E-state index in [-0.39, 0.29) is 11.2 Å². The Morgan fingerprint density at radius 3 is 2.65 bits per heavy atom. The SMILES string of the molecule is CC(C)Cn1nnnc1SC(C)C(=O)Nc1ccc(C#N)cc1. The minimum Gasteiger partial charge on any atom is -0.325 e. The van der Waals surface area contributed by atoms with E-state index in [1.807, 2.05) is 6.07 Å². The van der Waals surface area contributed by atoms with Gasteiger partial charge in [-0.25, -0.2) is 4.68 Å². The number of carbonyl (C=O) groups is 1. The van der Waals surface area contributed by atoms with Crippen LogP contribution in [0.4, 0.5) is 5.69 Å². The van der Waals surface area contributed by atoms with E-state index in [4.69, 9.17) is 5.26 Å². The van der Waals surface area contributed by atoms with Crippen molar-refractivity contribution in [3.05, 3.63) is 29.8 Å². The minimum absolute atomic E-state index is 0.140. The number of nitrogens with zero attached hydrogens (tertiary/aromatic N) is 5. The number of rotatable bonds is 6. The molecule has 120 valence electrons. The molecule has 2 aromatic rings. The van der Waals surface area contributed by atoms with Gasteiger partial charge in [-0.1, -0.05) is 25.6 Å². The van der Waals surface area contributed by atoms with Gasteiger partial charge >= 0.3 is 0 Å². The van der Waals surface area contributed by atoms with Crippen LogP contribution in [0.15, 0.2) is 29.4 Å². The van der Waals surface area contributed by atoms with Crippen LogP contribution in [0.1, 0.15) is 26.3 Å². The monoisotopic (exact) mass is 330 g/mol. The Hall–Kier alpha value is -2.40. The van der Waals surface area contributed by atoms with E-state index in [9.17, 15) is 4.79 Å². The molecule has 1 N–H and O–H groups in total. The molecule has 0 aliphatic heterocycles. The van der Waals surface area contributed by atoms with Gasteiger partial charge in [0.25, 0.3) is 0 Å². The molecule has 0 radical (unpaired) electrons. The van der Waals surface area contributed by atoms with Gasteiger partial charge in [-0.2, -0.15) is 5.26 Å². The summed E-state index contributed by atoms with van der Waals surface area (Å²) in [5.41, 5.74) is 1.21. The number of thioether (sulfide) groups is 1. The number of hydrogen-bond donors (Lipinski definition) is 1. The van der Waals surface area contributed by atoms with Crippen LogP contribution in [0.2, 0.25) is 0 Å². The number of carbonyl (C=O) groups excluding carboxylic acids is 1. The zero-order valence-corrected chi connectivity index (χ0v) is 14.0. The molecule has 1 unspecified atom stereocenters. The average molecular weight is 330 g/mol. The van der Waals surface area contributed by atoms with E-state index in [0.717, 1.165) is 0 Å². The Kier molecular flexibility index (Phi) is 5.71. The Morgan fingerprint density at radius 1 is 1.35 bits per heavy atom. The molecule has 0 saturated heterocycles. The summed E-state index contributed by atoms with van der Waals surface area (Å²) < 4.78 is 1.71. The largest absolute Gasteiger partial charge is 0.325 e. The number of benzene rings is 1. The van der Waals surface area contributed by atoms with Gasteiger partial charge in [-0.05, 0) is 47.5 Å². The van der Waals surface area contributed by atoms with Gasteiger partial charge in [0.05, 0.1) is 16.9 Å². The topological polar surface area (TPSA) is 96.5 Å². The van der Waals surface area contributed by atoms with Crippen molar-refractivity contribution >= 4 is 23.4 Å². The molecule has 0 bridgehead atoms. The second kappa shape index (κ2) is 7.74. The van der Waals surface area contributed by atoms with Crippen LogP contribution in [-0.2, 0) is 11.3 Å². The van der Waals surface area contributed by atoms with Gasteiger partial charge in [-0.3, -0.25) is 4.79 Å². The van der Waals surface area contributed by atoms with Crippen LogP contribution in [-0.4, -0.2) is 31.4 Å². The van der Waals surface area contributed by atoms with E-state index >= 15 is 0 Å². The first-order chi connectivity index (χ1) is 11.0. The molecule has 23 heavy (non-hydrogen) atoms. The first kappa shape index (κ1) is 17.0. The highest BCUT2D eigenvalue weighted by Gasteiger charge is 2.19. The number of nitriles is 1. The third-order valence-corrected chi connectivity index (χ3v) is 4.04. The quantitative estimate of drug-likeness (QED) is 0.817. The van der Waals surface area contributed by atoms with Gasteiger partial charge < -0.3 is 5.32 Å². The zero-order chi connectivity index (χ0) is 16.8. The summed E-state index contributed by atoms with van der Waals surface area (Å²) in [5.74, 6) is 0.277. The molecule has 0 aliphatic rings. The Labute approximate surface area is 139 Å². The molecule has 1 aromatic heterocycles. The standard InChI is InChI=1S/C15H18N6OS/c1-10(2)9-21-15(18-19-20-21)23-11(3)14(22)17-13-6-4-12(8-16)5-7-13/h4-7,10-11H,9H2,1-3H3,(H,17,22). The summed E-state index contributed by atoms with van der Waals surface area (Å²) in [6, 6.07) is 8.78. The fourth-order valence-corrected chi connectivity index (χ4v) is 2.62. The molecule has 1 atom stereocenters. The Bertz CT molecular complexity index is 704. The van der Waals surface area contributed by atoms with E-state index < -0.39 is 0 Å². The van der Waals surface area contributed by atoms with Crippen molar-refractivity contribution in [3.8, 4) is 6.07 Å². The summed E-state index contributed by atoms with van der Waals surface area (Å²) in [5, 5.41) is 23.5. The normalized spacial score (nSPS) is 12.0. The van der Waals surface area contributed by atoms with Crippen molar-refractivity contribution in [3.63, 3.8) is 0 Å². The molecule has 1 amide bonds. The first-order valence-electron chi connectivity index (χ1n) is 7.23. The molecule has 0 saturated carbocycles. The third-order valence-electron chi connectivity index (χ3n) is 2.97. The molecule has 1 aromatic carbocycles. The second-order valence-electron chi connectivity index (χ2n) is 5.48. The van der Waals surface area contributed by atoms with Gasteiger partial charge in [-0.15, -0.1) is 5.10 Å². The fourth-order valence-electron chi connectivity index (χ4n) is 1.82. The van der Waals surface area contributed by atoms with Crippen LogP contribution >= 0.6 is 11.8 Å². The van der Waals surface area contributed by atoms with Crippen molar-refractivity contribution in [2.45, 2.75) is 37.7 Å². The highest BCUT2D eigenvalue weighted by molar-refractivity contribution is 8.00. The molecule has 0 spiro atoms. The summed E-state index contributed by atoms with van der Waals surface area (Å²) in [7, 11) is 0. The maximum absolute atomic E-state index is 12.3. The maximum Gasteiger partial charge on any atom is 0.237 e. The fraction of sp³-hybridized carbons (Fsp3) is 0.400. The summed E-state index contributed by atoms with van der Waals surface area (Å²) >= 11 is 1.32. The highest BCUT2D eigenvalue weighted by Crippen LogP contribution is 2.22. The average Bonchev–Trinajstić information content (AvgIpc) is 2.94. The van der Waals surface area contributed by atoms with Crippen molar-refractivity contribution in [2.75, 3.05) is 5.32 Å². The number of hydrogen-bond acceptors (Lipinski definition) is 6. The minimum atomic E-state index is -0.345. The van der Waals surface area contributed by atoms with E-state index in [2.05, 4.69) is 34.7 Å². The number of anilines is 1. The second-order valence-corrected chi connectivity index (χ2v) is 6.78. The number of amides is 1. The molecule has 2 rings (SSSR count). The summed E-state index contributed by atoms with van der Waals surface area (Å²) in [6.07, 6.45) is 0. The van der Waals surface area contributed by atoms with Crippen molar-refractivity contribution < 1.29 is 4.79 Å². The van der Waals surface area contributed by atoms with Crippen molar-refractivity contribution in [2.24, 2.45) is 5.92 Å². The predicted molar refractivity (Wildman–Crippen MR) is 87.8 cm³/mol. The van der Waals surface area contributed by atoms with E-state index in [1.54, 1.807) is 35.9 Å². The number of aromatic nitrogens is 4. The van der Waals surface area contributed by atoms with Crippen LogP contribution in [0.5, 0.6) is 0 Å². The van der Waals surface area contributed by atoms with E-state index in [1.165, 1.54) is 11.8 Å². The lowest BCUT2D eigenvalue weighted by molar-refractivity contribution is -0.115. The predicted octanol–water partition coefficient (Wildman–Crippen LogP) is 2.32. The van der Waals surface area contributed by atoms with Crippen LogP contribution in [0, 0.1) is 17.2 Å². The molecular formula is C15H18N6OS. The maximum atomic E-state index is 12.3. The lowest BCUT2D eigenvalue weighted by Crippen LogP contribution is -2.23. The van der Waals surface area contributed by atoms with Gasteiger partial charge in [0.2, 0.25) is 11.1 Å².